The van der Waals surface area contributed by atoms with E-state index in [1.54, 1.807) is 0 Å². The third-order valence-electron chi connectivity index (χ3n) is 3.04. The summed E-state index contributed by atoms with van der Waals surface area (Å²) in [4.78, 5) is 2.90. The van der Waals surface area contributed by atoms with Crippen LogP contribution < -0.4 is 4.72 Å². The van der Waals surface area contributed by atoms with Crippen LogP contribution in [0.15, 0.2) is 17.2 Å². The van der Waals surface area contributed by atoms with E-state index >= 15 is 0 Å². The average molecular weight is 288 g/mol. The molecule has 1 unspecified atom stereocenters. The van der Waals surface area contributed by atoms with Crippen LogP contribution in [0, 0.1) is 0 Å². The summed E-state index contributed by atoms with van der Waals surface area (Å²) >= 11 is 0. The zero-order valence-electron chi connectivity index (χ0n) is 11.6. The normalized spacial score (nSPS) is 13.6. The van der Waals surface area contributed by atoms with Crippen LogP contribution >= 0.6 is 0 Å². The van der Waals surface area contributed by atoms with Gasteiger partial charge in [0.25, 0.3) is 0 Å². The Morgan fingerprint density at radius 3 is 2.68 bits per heavy atom. The minimum atomic E-state index is -3.48. The van der Waals surface area contributed by atoms with E-state index < -0.39 is 10.0 Å². The fourth-order valence-corrected chi connectivity index (χ4v) is 3.23. The molecule has 0 aliphatic heterocycles. The summed E-state index contributed by atoms with van der Waals surface area (Å²) in [5.41, 5.74) is 0.496. The lowest BCUT2D eigenvalue weighted by molar-refractivity contribution is 0.277. The lowest BCUT2D eigenvalue weighted by Gasteiger charge is -2.13. The molecule has 1 heterocycles. The van der Waals surface area contributed by atoms with Gasteiger partial charge in [-0.3, -0.25) is 0 Å². The second-order valence-corrected chi connectivity index (χ2v) is 6.60. The highest BCUT2D eigenvalue weighted by Gasteiger charge is 2.18. The van der Waals surface area contributed by atoms with Crippen molar-refractivity contribution >= 4 is 10.0 Å². The van der Waals surface area contributed by atoms with Gasteiger partial charge in [0.15, 0.2) is 0 Å². The first-order chi connectivity index (χ1) is 8.99. The van der Waals surface area contributed by atoms with Gasteiger partial charge in [-0.05, 0) is 19.4 Å². The van der Waals surface area contributed by atoms with Crippen molar-refractivity contribution in [3.05, 3.63) is 18.0 Å². The second-order valence-electron chi connectivity index (χ2n) is 4.89. The Kier molecular flexibility index (Phi) is 6.54. The molecule has 0 radical (unpaired) electrons. The maximum Gasteiger partial charge on any atom is 0.242 e. The Hall–Kier alpha value is -0.850. The number of hydrogen-bond donors (Lipinski definition) is 3. The molecule has 0 bridgehead atoms. The van der Waals surface area contributed by atoms with Crippen LogP contribution in [0.4, 0.5) is 0 Å². The summed E-state index contributed by atoms with van der Waals surface area (Å²) in [6.45, 7) is 3.84. The van der Waals surface area contributed by atoms with Gasteiger partial charge in [0, 0.05) is 17.9 Å². The van der Waals surface area contributed by atoms with Gasteiger partial charge in [0.2, 0.25) is 10.0 Å². The van der Waals surface area contributed by atoms with Gasteiger partial charge in [-0.25, -0.2) is 13.1 Å². The maximum absolute atomic E-state index is 12.0. The Morgan fingerprint density at radius 1 is 1.37 bits per heavy atom. The van der Waals surface area contributed by atoms with Gasteiger partial charge in [-0.1, -0.05) is 32.6 Å². The molecule has 1 rings (SSSR count). The van der Waals surface area contributed by atoms with Crippen molar-refractivity contribution in [2.45, 2.75) is 63.5 Å². The Morgan fingerprint density at radius 2 is 2.11 bits per heavy atom. The quantitative estimate of drug-likeness (QED) is 0.609. The number of nitrogens with one attached hydrogen (secondary N) is 2. The smallest absolute Gasteiger partial charge is 0.242 e. The fraction of sp³-hybridized carbons (Fsp3) is 0.692. The van der Waals surface area contributed by atoms with E-state index in [1.165, 1.54) is 25.1 Å². The highest BCUT2D eigenvalue weighted by atomic mass is 32.2. The van der Waals surface area contributed by atoms with Crippen molar-refractivity contribution in [3.8, 4) is 0 Å². The monoisotopic (exact) mass is 288 g/mol. The van der Waals surface area contributed by atoms with Crippen molar-refractivity contribution in [2.24, 2.45) is 0 Å². The van der Waals surface area contributed by atoms with Crippen molar-refractivity contribution in [1.82, 2.24) is 9.71 Å². The first-order valence-electron chi connectivity index (χ1n) is 6.80. The molecule has 1 atom stereocenters. The van der Waals surface area contributed by atoms with E-state index in [-0.39, 0.29) is 17.5 Å². The van der Waals surface area contributed by atoms with E-state index in [1.807, 2.05) is 6.92 Å². The minimum absolute atomic E-state index is 0.0747. The summed E-state index contributed by atoms with van der Waals surface area (Å²) in [5, 5.41) is 8.92. The number of aromatic nitrogens is 1. The molecular weight excluding hydrogens is 264 g/mol. The zero-order valence-corrected chi connectivity index (χ0v) is 12.5. The van der Waals surface area contributed by atoms with Gasteiger partial charge in [0.05, 0.1) is 11.5 Å². The molecule has 5 nitrogen and oxygen atoms in total. The standard InChI is InChI=1S/C13H24N2O3S/c1-3-4-5-6-7-11(2)15-19(17,18)13-8-12(10-16)14-9-13/h8-9,11,14-16H,3-7,10H2,1-2H3. The van der Waals surface area contributed by atoms with Gasteiger partial charge >= 0.3 is 0 Å². The summed E-state index contributed by atoms with van der Waals surface area (Å²) in [6, 6.07) is 1.38. The van der Waals surface area contributed by atoms with E-state index in [9.17, 15) is 8.42 Å². The number of rotatable bonds is 9. The average Bonchev–Trinajstić information content (AvgIpc) is 2.83. The number of aromatic amines is 1. The molecule has 0 fully saturated rings. The molecule has 0 aliphatic rings. The fourth-order valence-electron chi connectivity index (χ4n) is 1.93. The summed E-state index contributed by atoms with van der Waals surface area (Å²) < 4.78 is 26.8. The minimum Gasteiger partial charge on any atom is -0.390 e. The second kappa shape index (κ2) is 7.67. The molecule has 0 aromatic carbocycles. The van der Waals surface area contributed by atoms with Gasteiger partial charge < -0.3 is 10.1 Å². The van der Waals surface area contributed by atoms with Crippen molar-refractivity contribution in [2.75, 3.05) is 0 Å². The van der Waals surface area contributed by atoms with E-state index in [4.69, 9.17) is 5.11 Å². The Bertz CT molecular complexity index is 468. The molecule has 0 saturated carbocycles. The van der Waals surface area contributed by atoms with Crippen molar-refractivity contribution in [1.29, 1.82) is 0 Å². The van der Waals surface area contributed by atoms with Gasteiger partial charge in [0.1, 0.15) is 0 Å². The van der Waals surface area contributed by atoms with Gasteiger partial charge in [-0.15, -0.1) is 0 Å². The number of hydrogen-bond acceptors (Lipinski definition) is 3. The Balaban J connectivity index is 2.49. The third kappa shape index (κ3) is 5.34. The summed E-state index contributed by atoms with van der Waals surface area (Å²) in [5.74, 6) is 0. The predicted molar refractivity (Wildman–Crippen MR) is 75.3 cm³/mol. The van der Waals surface area contributed by atoms with Crippen LogP contribution in [0.1, 0.15) is 51.6 Å². The molecule has 110 valence electrons. The van der Waals surface area contributed by atoms with Crippen LogP contribution in [0.25, 0.3) is 0 Å². The molecule has 19 heavy (non-hydrogen) atoms. The van der Waals surface area contributed by atoms with Crippen LogP contribution in [0.3, 0.4) is 0 Å². The molecular formula is C13H24N2O3S. The molecule has 1 aromatic heterocycles. The molecule has 3 N–H and O–H groups in total. The number of aliphatic hydroxyl groups is 1. The van der Waals surface area contributed by atoms with Crippen LogP contribution in [-0.4, -0.2) is 24.6 Å². The lowest BCUT2D eigenvalue weighted by Crippen LogP contribution is -2.32. The number of aliphatic hydroxyl groups excluding tert-OH is 1. The van der Waals surface area contributed by atoms with Crippen molar-refractivity contribution < 1.29 is 13.5 Å². The van der Waals surface area contributed by atoms with E-state index in [0.717, 1.165) is 19.3 Å². The van der Waals surface area contributed by atoms with E-state index in [0.29, 0.717) is 5.69 Å². The number of unbranched alkanes of at least 4 members (excludes halogenated alkanes) is 3. The topological polar surface area (TPSA) is 82.2 Å². The van der Waals surface area contributed by atoms with Crippen LogP contribution in [0.5, 0.6) is 0 Å². The van der Waals surface area contributed by atoms with E-state index in [2.05, 4.69) is 16.6 Å². The lowest BCUT2D eigenvalue weighted by atomic mass is 10.1. The Labute approximate surface area is 115 Å². The first kappa shape index (κ1) is 16.2. The molecule has 0 amide bonds. The maximum atomic E-state index is 12.0. The predicted octanol–water partition coefficient (Wildman–Crippen LogP) is 2.14. The first-order valence-corrected chi connectivity index (χ1v) is 8.28. The number of sulfonamides is 1. The molecule has 0 spiro atoms. The summed E-state index contributed by atoms with van der Waals surface area (Å²) in [6.07, 6.45) is 6.78. The van der Waals surface area contributed by atoms with Crippen molar-refractivity contribution in [3.63, 3.8) is 0 Å². The molecule has 0 aliphatic carbocycles. The third-order valence-corrected chi connectivity index (χ3v) is 4.61. The SMILES string of the molecule is CCCCCCC(C)NS(=O)(=O)c1c[nH]c(CO)c1. The van der Waals surface area contributed by atoms with Gasteiger partial charge in [-0.2, -0.15) is 0 Å². The molecule has 1 aromatic rings. The van der Waals surface area contributed by atoms with Crippen LogP contribution in [0.2, 0.25) is 0 Å². The largest absolute Gasteiger partial charge is 0.390 e. The zero-order chi connectivity index (χ0) is 14.3. The summed E-state index contributed by atoms with van der Waals surface area (Å²) in [7, 11) is -3.48. The number of H-pyrrole nitrogens is 1. The highest BCUT2D eigenvalue weighted by molar-refractivity contribution is 7.89. The highest BCUT2D eigenvalue weighted by Crippen LogP contribution is 2.13. The molecule has 0 saturated heterocycles. The van der Waals surface area contributed by atoms with Crippen LogP contribution in [-0.2, 0) is 16.6 Å². The molecule has 6 heteroatoms.